The van der Waals surface area contributed by atoms with Crippen LogP contribution in [-0.4, -0.2) is 26.4 Å². The fraction of sp³-hybridized carbons (Fsp3) is 0.500. The molecule has 0 amide bonds. The molecule has 3 nitrogen and oxygen atoms in total. The second-order valence-electron chi connectivity index (χ2n) is 4.09. The molecule has 0 radical (unpaired) electrons. The molecular weight excluding hydrogens is 192 g/mol. The summed E-state index contributed by atoms with van der Waals surface area (Å²) in [5.74, 6) is 1.68. The van der Waals surface area contributed by atoms with E-state index in [-0.39, 0.29) is 5.60 Å². The van der Waals surface area contributed by atoms with Crippen molar-refractivity contribution in [2.45, 2.75) is 18.9 Å². The van der Waals surface area contributed by atoms with E-state index in [1.165, 1.54) is 5.56 Å². The SMILES string of the molecule is COc1ccc(CC2(C)CO2)c(OC)c1. The zero-order valence-electron chi connectivity index (χ0n) is 9.37. The highest BCUT2D eigenvalue weighted by molar-refractivity contribution is 5.41. The van der Waals surface area contributed by atoms with E-state index in [1.807, 2.05) is 18.2 Å². The lowest BCUT2D eigenvalue weighted by molar-refractivity contribution is 0.317. The standard InChI is InChI=1S/C12H16O3/c1-12(8-15-12)7-9-4-5-10(13-2)6-11(9)14-3/h4-6H,7-8H2,1-3H3. The van der Waals surface area contributed by atoms with Crippen LogP contribution in [0, 0.1) is 0 Å². The molecule has 0 bridgehead atoms. The Balaban J connectivity index is 2.22. The molecule has 2 rings (SSSR count). The molecule has 0 N–H and O–H groups in total. The lowest BCUT2D eigenvalue weighted by Gasteiger charge is -2.11. The Labute approximate surface area is 90.0 Å². The van der Waals surface area contributed by atoms with Gasteiger partial charge in [0.15, 0.2) is 0 Å². The third-order valence-electron chi connectivity index (χ3n) is 2.70. The van der Waals surface area contributed by atoms with Crippen molar-refractivity contribution in [2.75, 3.05) is 20.8 Å². The van der Waals surface area contributed by atoms with Crippen LogP contribution in [0.3, 0.4) is 0 Å². The highest BCUT2D eigenvalue weighted by atomic mass is 16.6. The number of benzene rings is 1. The first kappa shape index (κ1) is 10.3. The Bertz CT molecular complexity index is 356. The Morgan fingerprint density at radius 2 is 2.07 bits per heavy atom. The molecule has 1 unspecified atom stereocenters. The Hall–Kier alpha value is -1.22. The molecule has 1 aromatic rings. The number of rotatable bonds is 4. The molecule has 0 saturated carbocycles. The van der Waals surface area contributed by atoms with Crippen molar-refractivity contribution in [3.05, 3.63) is 23.8 Å². The van der Waals surface area contributed by atoms with Gasteiger partial charge in [0.05, 0.1) is 26.4 Å². The number of ether oxygens (including phenoxy) is 3. The summed E-state index contributed by atoms with van der Waals surface area (Å²) >= 11 is 0. The minimum Gasteiger partial charge on any atom is -0.497 e. The zero-order valence-corrected chi connectivity index (χ0v) is 9.37. The quantitative estimate of drug-likeness (QED) is 0.709. The van der Waals surface area contributed by atoms with Crippen LogP contribution in [0.1, 0.15) is 12.5 Å². The first-order chi connectivity index (χ1) is 7.17. The minimum atomic E-state index is 0.0157. The summed E-state index contributed by atoms with van der Waals surface area (Å²) in [5.41, 5.74) is 1.18. The Kier molecular flexibility index (Phi) is 2.57. The van der Waals surface area contributed by atoms with Crippen LogP contribution in [0.5, 0.6) is 11.5 Å². The van der Waals surface area contributed by atoms with Gasteiger partial charge < -0.3 is 14.2 Å². The van der Waals surface area contributed by atoms with Crippen molar-refractivity contribution >= 4 is 0 Å². The van der Waals surface area contributed by atoms with Crippen molar-refractivity contribution < 1.29 is 14.2 Å². The van der Waals surface area contributed by atoms with Crippen LogP contribution in [0.15, 0.2) is 18.2 Å². The van der Waals surface area contributed by atoms with Crippen molar-refractivity contribution in [2.24, 2.45) is 0 Å². The van der Waals surface area contributed by atoms with E-state index < -0.39 is 0 Å². The average Bonchev–Trinajstić information content (AvgIpc) is 2.97. The zero-order chi connectivity index (χ0) is 10.9. The summed E-state index contributed by atoms with van der Waals surface area (Å²) < 4.78 is 15.8. The van der Waals surface area contributed by atoms with E-state index in [0.717, 1.165) is 24.5 Å². The summed E-state index contributed by atoms with van der Waals surface area (Å²) in [6.07, 6.45) is 0.889. The van der Waals surface area contributed by atoms with E-state index in [2.05, 4.69) is 6.92 Å². The normalized spacial score (nSPS) is 23.7. The summed E-state index contributed by atoms with van der Waals surface area (Å²) in [6.45, 7) is 2.94. The van der Waals surface area contributed by atoms with Crippen molar-refractivity contribution in [3.8, 4) is 11.5 Å². The summed E-state index contributed by atoms with van der Waals surface area (Å²) in [7, 11) is 3.33. The minimum absolute atomic E-state index is 0.0157. The molecule has 1 aromatic carbocycles. The smallest absolute Gasteiger partial charge is 0.125 e. The van der Waals surface area contributed by atoms with Crippen LogP contribution in [0.4, 0.5) is 0 Å². The van der Waals surface area contributed by atoms with Gasteiger partial charge in [0.25, 0.3) is 0 Å². The molecule has 1 aliphatic rings. The third-order valence-corrected chi connectivity index (χ3v) is 2.70. The lowest BCUT2D eigenvalue weighted by atomic mass is 10.0. The molecule has 1 atom stereocenters. The number of epoxide rings is 1. The number of hydrogen-bond acceptors (Lipinski definition) is 3. The molecule has 0 aromatic heterocycles. The van der Waals surface area contributed by atoms with Gasteiger partial charge >= 0.3 is 0 Å². The molecule has 82 valence electrons. The van der Waals surface area contributed by atoms with E-state index in [1.54, 1.807) is 14.2 Å². The van der Waals surface area contributed by atoms with Gasteiger partial charge in [-0.25, -0.2) is 0 Å². The van der Waals surface area contributed by atoms with Gasteiger partial charge in [-0.2, -0.15) is 0 Å². The predicted octanol–water partition coefficient (Wildman–Crippen LogP) is 2.04. The average molecular weight is 208 g/mol. The topological polar surface area (TPSA) is 31.0 Å². The van der Waals surface area contributed by atoms with Crippen LogP contribution >= 0.6 is 0 Å². The predicted molar refractivity (Wildman–Crippen MR) is 57.6 cm³/mol. The third kappa shape index (κ3) is 2.23. The maximum Gasteiger partial charge on any atom is 0.125 e. The van der Waals surface area contributed by atoms with Crippen LogP contribution in [0.25, 0.3) is 0 Å². The maximum absolute atomic E-state index is 5.37. The molecule has 1 saturated heterocycles. The highest BCUT2D eigenvalue weighted by Crippen LogP contribution is 2.34. The van der Waals surface area contributed by atoms with E-state index in [0.29, 0.717) is 0 Å². The Morgan fingerprint density at radius 1 is 1.33 bits per heavy atom. The fourth-order valence-corrected chi connectivity index (χ4v) is 1.63. The molecule has 15 heavy (non-hydrogen) atoms. The van der Waals surface area contributed by atoms with Gasteiger partial charge in [0.2, 0.25) is 0 Å². The largest absolute Gasteiger partial charge is 0.497 e. The van der Waals surface area contributed by atoms with Gasteiger partial charge in [0, 0.05) is 12.5 Å². The number of methoxy groups -OCH3 is 2. The monoisotopic (exact) mass is 208 g/mol. The summed E-state index contributed by atoms with van der Waals surface area (Å²) in [6, 6.07) is 5.88. The highest BCUT2D eigenvalue weighted by Gasteiger charge is 2.39. The van der Waals surface area contributed by atoms with Gasteiger partial charge in [-0.15, -0.1) is 0 Å². The molecule has 0 aliphatic carbocycles. The Morgan fingerprint density at radius 3 is 2.60 bits per heavy atom. The summed E-state index contributed by atoms with van der Waals surface area (Å²) in [5, 5.41) is 0. The van der Waals surface area contributed by atoms with Crippen LogP contribution in [0.2, 0.25) is 0 Å². The van der Waals surface area contributed by atoms with E-state index in [4.69, 9.17) is 14.2 Å². The van der Waals surface area contributed by atoms with Gasteiger partial charge in [0.1, 0.15) is 11.5 Å². The van der Waals surface area contributed by atoms with E-state index in [9.17, 15) is 0 Å². The van der Waals surface area contributed by atoms with Crippen molar-refractivity contribution in [3.63, 3.8) is 0 Å². The molecule has 1 fully saturated rings. The molecule has 3 heteroatoms. The molecule has 1 aliphatic heterocycles. The van der Waals surface area contributed by atoms with Crippen molar-refractivity contribution in [1.82, 2.24) is 0 Å². The van der Waals surface area contributed by atoms with Gasteiger partial charge in [-0.1, -0.05) is 6.07 Å². The second-order valence-corrected chi connectivity index (χ2v) is 4.09. The van der Waals surface area contributed by atoms with Gasteiger partial charge in [-0.05, 0) is 18.6 Å². The number of hydrogen-bond donors (Lipinski definition) is 0. The van der Waals surface area contributed by atoms with Crippen LogP contribution in [-0.2, 0) is 11.2 Å². The second kappa shape index (κ2) is 3.74. The molecule has 0 spiro atoms. The fourth-order valence-electron chi connectivity index (χ4n) is 1.63. The maximum atomic E-state index is 5.37. The summed E-state index contributed by atoms with van der Waals surface area (Å²) in [4.78, 5) is 0. The first-order valence-electron chi connectivity index (χ1n) is 5.02. The molecular formula is C12H16O3. The van der Waals surface area contributed by atoms with E-state index >= 15 is 0 Å². The van der Waals surface area contributed by atoms with Crippen molar-refractivity contribution in [1.29, 1.82) is 0 Å². The molecule has 1 heterocycles. The lowest BCUT2D eigenvalue weighted by Crippen LogP contribution is -2.09. The van der Waals surface area contributed by atoms with Gasteiger partial charge in [-0.3, -0.25) is 0 Å². The van der Waals surface area contributed by atoms with Crippen LogP contribution < -0.4 is 9.47 Å². The first-order valence-corrected chi connectivity index (χ1v) is 5.02.